The summed E-state index contributed by atoms with van der Waals surface area (Å²) in [6, 6.07) is 6.36. The van der Waals surface area contributed by atoms with Gasteiger partial charge in [0, 0.05) is 26.3 Å². The van der Waals surface area contributed by atoms with E-state index in [-0.39, 0.29) is 0 Å². The molecular formula is C14H19N3S. The van der Waals surface area contributed by atoms with E-state index < -0.39 is 0 Å². The number of pyridine rings is 1. The van der Waals surface area contributed by atoms with Crippen molar-refractivity contribution in [3.05, 3.63) is 46.3 Å². The predicted molar refractivity (Wildman–Crippen MR) is 78.0 cm³/mol. The van der Waals surface area contributed by atoms with Crippen LogP contribution in [0.3, 0.4) is 0 Å². The van der Waals surface area contributed by atoms with Crippen LogP contribution in [-0.4, -0.2) is 18.6 Å². The summed E-state index contributed by atoms with van der Waals surface area (Å²) in [5.41, 5.74) is 2.61. The molecule has 18 heavy (non-hydrogen) atoms. The van der Waals surface area contributed by atoms with Crippen LogP contribution < -0.4 is 10.2 Å². The maximum atomic E-state index is 4.43. The number of nitrogens with zero attached hydrogens (tertiary/aromatic N) is 2. The minimum absolute atomic E-state index is 0.901. The van der Waals surface area contributed by atoms with Crippen molar-refractivity contribution >= 4 is 17.2 Å². The van der Waals surface area contributed by atoms with Crippen LogP contribution in [0, 0.1) is 0 Å². The summed E-state index contributed by atoms with van der Waals surface area (Å²) in [4.78, 5) is 6.61. The van der Waals surface area contributed by atoms with Crippen molar-refractivity contribution in [3.8, 4) is 0 Å². The Morgan fingerprint density at radius 1 is 1.33 bits per heavy atom. The highest BCUT2D eigenvalue weighted by Crippen LogP contribution is 2.15. The van der Waals surface area contributed by atoms with Gasteiger partial charge >= 0.3 is 0 Å². The molecule has 0 spiro atoms. The summed E-state index contributed by atoms with van der Waals surface area (Å²) in [5, 5.41) is 7.62. The molecule has 1 N–H and O–H groups in total. The van der Waals surface area contributed by atoms with Crippen molar-refractivity contribution in [1.29, 1.82) is 0 Å². The highest BCUT2D eigenvalue weighted by Gasteiger charge is 2.04. The normalized spacial score (nSPS) is 10.6. The second kappa shape index (κ2) is 6.52. The van der Waals surface area contributed by atoms with Gasteiger partial charge < -0.3 is 10.2 Å². The Morgan fingerprint density at radius 3 is 2.94 bits per heavy atom. The van der Waals surface area contributed by atoms with E-state index in [1.54, 1.807) is 11.3 Å². The zero-order valence-corrected chi connectivity index (χ0v) is 11.7. The SMILES string of the molecule is CCNCc1ccnc(N(C)Cc2ccsc2)c1. The lowest BCUT2D eigenvalue weighted by Crippen LogP contribution is -2.18. The average Bonchev–Trinajstić information content (AvgIpc) is 2.89. The van der Waals surface area contributed by atoms with E-state index in [0.717, 1.165) is 25.5 Å². The molecule has 0 bridgehead atoms. The van der Waals surface area contributed by atoms with Crippen molar-refractivity contribution in [2.45, 2.75) is 20.0 Å². The molecule has 0 amide bonds. The van der Waals surface area contributed by atoms with Crippen LogP contribution in [0.25, 0.3) is 0 Å². The molecule has 96 valence electrons. The zero-order valence-electron chi connectivity index (χ0n) is 10.9. The van der Waals surface area contributed by atoms with Crippen molar-refractivity contribution < 1.29 is 0 Å². The van der Waals surface area contributed by atoms with Crippen LogP contribution in [-0.2, 0) is 13.1 Å². The van der Waals surface area contributed by atoms with E-state index in [2.05, 4.69) is 58.1 Å². The van der Waals surface area contributed by atoms with Crippen LogP contribution in [0.4, 0.5) is 5.82 Å². The van der Waals surface area contributed by atoms with E-state index in [1.807, 2.05) is 6.20 Å². The fraction of sp³-hybridized carbons (Fsp3) is 0.357. The van der Waals surface area contributed by atoms with Crippen molar-refractivity contribution in [2.24, 2.45) is 0 Å². The second-order valence-corrected chi connectivity index (χ2v) is 5.07. The van der Waals surface area contributed by atoms with Crippen molar-refractivity contribution in [1.82, 2.24) is 10.3 Å². The van der Waals surface area contributed by atoms with Gasteiger partial charge in [0.25, 0.3) is 0 Å². The summed E-state index contributed by atoms with van der Waals surface area (Å²) in [6.45, 7) is 4.91. The lowest BCUT2D eigenvalue weighted by molar-refractivity contribution is 0.725. The first-order chi connectivity index (χ1) is 8.79. The number of rotatable bonds is 6. The Balaban J connectivity index is 2.03. The van der Waals surface area contributed by atoms with Crippen LogP contribution in [0.1, 0.15) is 18.1 Å². The molecule has 2 aromatic heterocycles. The molecule has 0 saturated heterocycles. The Kier molecular flexibility index (Phi) is 4.73. The maximum Gasteiger partial charge on any atom is 0.128 e. The molecule has 0 fully saturated rings. The van der Waals surface area contributed by atoms with Gasteiger partial charge in [-0.05, 0) is 46.6 Å². The lowest BCUT2D eigenvalue weighted by Gasteiger charge is -2.18. The number of nitrogens with one attached hydrogen (secondary N) is 1. The highest BCUT2D eigenvalue weighted by atomic mass is 32.1. The molecule has 0 saturated carbocycles. The molecule has 0 aliphatic rings. The van der Waals surface area contributed by atoms with Gasteiger partial charge in [-0.15, -0.1) is 0 Å². The van der Waals surface area contributed by atoms with Crippen molar-refractivity contribution in [3.63, 3.8) is 0 Å². The van der Waals surface area contributed by atoms with Crippen LogP contribution >= 0.6 is 11.3 Å². The number of hydrogen-bond acceptors (Lipinski definition) is 4. The smallest absolute Gasteiger partial charge is 0.128 e. The molecular weight excluding hydrogens is 242 g/mol. The number of thiophene rings is 1. The molecule has 2 heterocycles. The molecule has 0 unspecified atom stereocenters. The molecule has 0 atom stereocenters. The van der Waals surface area contributed by atoms with Crippen molar-refractivity contribution in [2.75, 3.05) is 18.5 Å². The van der Waals surface area contributed by atoms with Crippen LogP contribution in [0.5, 0.6) is 0 Å². The minimum atomic E-state index is 0.901. The van der Waals surface area contributed by atoms with Crippen LogP contribution in [0.15, 0.2) is 35.2 Å². The maximum absolute atomic E-state index is 4.43. The quantitative estimate of drug-likeness (QED) is 0.866. The molecule has 3 nitrogen and oxygen atoms in total. The molecule has 0 radical (unpaired) electrons. The largest absolute Gasteiger partial charge is 0.355 e. The topological polar surface area (TPSA) is 28.2 Å². The standard InChI is InChI=1S/C14H19N3S/c1-3-15-9-12-4-6-16-14(8-12)17(2)10-13-5-7-18-11-13/h4-8,11,15H,3,9-10H2,1-2H3. The first-order valence-electron chi connectivity index (χ1n) is 6.17. The van der Waals surface area contributed by atoms with Gasteiger partial charge in [0.2, 0.25) is 0 Å². The van der Waals surface area contributed by atoms with E-state index >= 15 is 0 Å². The zero-order chi connectivity index (χ0) is 12.8. The predicted octanol–water partition coefficient (Wildman–Crippen LogP) is 2.89. The van der Waals surface area contributed by atoms with E-state index in [1.165, 1.54) is 11.1 Å². The highest BCUT2D eigenvalue weighted by molar-refractivity contribution is 7.07. The Hall–Kier alpha value is -1.39. The van der Waals surface area contributed by atoms with Gasteiger partial charge in [-0.25, -0.2) is 4.98 Å². The van der Waals surface area contributed by atoms with Gasteiger partial charge in [-0.3, -0.25) is 0 Å². The lowest BCUT2D eigenvalue weighted by atomic mass is 10.2. The summed E-state index contributed by atoms with van der Waals surface area (Å²) in [5.74, 6) is 1.02. The van der Waals surface area contributed by atoms with E-state index in [9.17, 15) is 0 Å². The fourth-order valence-electron chi connectivity index (χ4n) is 1.79. The monoisotopic (exact) mass is 261 g/mol. The number of aromatic nitrogens is 1. The summed E-state index contributed by atoms with van der Waals surface area (Å²) in [7, 11) is 2.08. The number of anilines is 1. The van der Waals surface area contributed by atoms with Gasteiger partial charge in [0.05, 0.1) is 0 Å². The third-order valence-electron chi connectivity index (χ3n) is 2.78. The Labute approximate surface area is 112 Å². The third-order valence-corrected chi connectivity index (χ3v) is 3.51. The van der Waals surface area contributed by atoms with Gasteiger partial charge in [0.15, 0.2) is 0 Å². The molecule has 4 heteroatoms. The third kappa shape index (κ3) is 3.55. The molecule has 0 aliphatic heterocycles. The van der Waals surface area contributed by atoms with Gasteiger partial charge in [-0.1, -0.05) is 6.92 Å². The fourth-order valence-corrected chi connectivity index (χ4v) is 2.45. The summed E-state index contributed by atoms with van der Waals surface area (Å²) >= 11 is 1.73. The molecule has 0 aliphatic carbocycles. The van der Waals surface area contributed by atoms with Gasteiger partial charge in [0.1, 0.15) is 5.82 Å². The molecule has 0 aromatic carbocycles. The molecule has 2 rings (SSSR count). The number of hydrogen-bond donors (Lipinski definition) is 1. The Bertz CT molecular complexity index is 468. The van der Waals surface area contributed by atoms with Crippen LogP contribution in [0.2, 0.25) is 0 Å². The average molecular weight is 261 g/mol. The van der Waals surface area contributed by atoms with E-state index in [4.69, 9.17) is 0 Å². The summed E-state index contributed by atoms with van der Waals surface area (Å²) < 4.78 is 0. The molecule has 2 aromatic rings. The second-order valence-electron chi connectivity index (χ2n) is 4.29. The van der Waals surface area contributed by atoms with Gasteiger partial charge in [-0.2, -0.15) is 11.3 Å². The van der Waals surface area contributed by atoms with E-state index in [0.29, 0.717) is 0 Å². The first-order valence-corrected chi connectivity index (χ1v) is 7.11. The minimum Gasteiger partial charge on any atom is -0.355 e. The summed E-state index contributed by atoms with van der Waals surface area (Å²) in [6.07, 6.45) is 1.88. The Morgan fingerprint density at radius 2 is 2.22 bits per heavy atom. The first kappa shape index (κ1) is 13.1.